The molecule has 0 saturated heterocycles. The van der Waals surface area contributed by atoms with Crippen molar-refractivity contribution in [3.8, 4) is 11.3 Å². The zero-order valence-corrected chi connectivity index (χ0v) is 15.0. The van der Waals surface area contributed by atoms with Gasteiger partial charge in [-0.3, -0.25) is 4.79 Å². The third-order valence-corrected chi connectivity index (χ3v) is 3.77. The lowest BCUT2D eigenvalue weighted by Crippen LogP contribution is -2.17. The molecule has 1 aromatic heterocycles. The summed E-state index contributed by atoms with van der Waals surface area (Å²) < 4.78 is 23.5. The van der Waals surface area contributed by atoms with Crippen LogP contribution in [0, 0.1) is 5.82 Å². The standard InChI is InChI=1S/C21H17FN2O4/c1-2-27-21(26)16-5-3-14(4-6-16)19-12-11-18(28-19)13-23-24-20(25)15-7-9-17(22)10-8-15/h3-13H,2H2,1H3,(H,24,25). The van der Waals surface area contributed by atoms with Crippen LogP contribution in [0.25, 0.3) is 11.3 Å². The number of amides is 1. The predicted molar refractivity (Wildman–Crippen MR) is 102 cm³/mol. The molecule has 2 aromatic carbocycles. The van der Waals surface area contributed by atoms with E-state index in [4.69, 9.17) is 9.15 Å². The highest BCUT2D eigenvalue weighted by molar-refractivity contribution is 5.94. The number of hydrogen-bond donors (Lipinski definition) is 1. The summed E-state index contributed by atoms with van der Waals surface area (Å²) in [4.78, 5) is 23.6. The molecule has 7 heteroatoms. The van der Waals surface area contributed by atoms with E-state index in [1.54, 1.807) is 43.3 Å². The van der Waals surface area contributed by atoms with Gasteiger partial charge >= 0.3 is 5.97 Å². The van der Waals surface area contributed by atoms with E-state index in [1.807, 2.05) is 0 Å². The minimum Gasteiger partial charge on any atom is -0.462 e. The Morgan fingerprint density at radius 3 is 2.39 bits per heavy atom. The Balaban J connectivity index is 1.62. The van der Waals surface area contributed by atoms with Gasteiger partial charge in [0, 0.05) is 11.1 Å². The molecule has 6 nitrogen and oxygen atoms in total. The minimum atomic E-state index is -0.461. The van der Waals surface area contributed by atoms with Gasteiger partial charge in [-0.15, -0.1) is 0 Å². The fraction of sp³-hybridized carbons (Fsp3) is 0.0952. The molecule has 142 valence electrons. The molecule has 0 radical (unpaired) electrons. The predicted octanol–water partition coefficient (Wildman–Crippen LogP) is 4.03. The number of nitrogens with one attached hydrogen (secondary N) is 1. The number of ether oxygens (including phenoxy) is 1. The molecule has 0 aliphatic carbocycles. The van der Waals surface area contributed by atoms with Crippen molar-refractivity contribution in [1.82, 2.24) is 5.43 Å². The van der Waals surface area contributed by atoms with Gasteiger partial charge in [-0.1, -0.05) is 12.1 Å². The van der Waals surface area contributed by atoms with Crippen molar-refractivity contribution in [2.24, 2.45) is 5.10 Å². The van der Waals surface area contributed by atoms with Gasteiger partial charge in [-0.2, -0.15) is 5.10 Å². The number of furan rings is 1. The monoisotopic (exact) mass is 380 g/mol. The normalized spacial score (nSPS) is 10.8. The summed E-state index contributed by atoms with van der Waals surface area (Å²) in [5, 5.41) is 3.83. The molecule has 28 heavy (non-hydrogen) atoms. The third-order valence-electron chi connectivity index (χ3n) is 3.77. The molecule has 0 saturated carbocycles. The van der Waals surface area contributed by atoms with Crippen LogP contribution < -0.4 is 5.43 Å². The quantitative estimate of drug-likeness (QED) is 0.398. The second-order valence-corrected chi connectivity index (χ2v) is 5.71. The zero-order valence-electron chi connectivity index (χ0n) is 15.0. The minimum absolute atomic E-state index is 0.292. The maximum atomic E-state index is 12.9. The molecule has 0 unspecified atom stereocenters. The summed E-state index contributed by atoms with van der Waals surface area (Å²) in [6, 6.07) is 15.4. The van der Waals surface area contributed by atoms with E-state index in [1.165, 1.54) is 30.5 Å². The van der Waals surface area contributed by atoms with E-state index in [0.717, 1.165) is 5.56 Å². The number of halogens is 1. The highest BCUT2D eigenvalue weighted by Crippen LogP contribution is 2.22. The second kappa shape index (κ2) is 8.77. The number of esters is 1. The number of benzene rings is 2. The molecule has 3 aromatic rings. The van der Waals surface area contributed by atoms with Crippen LogP contribution >= 0.6 is 0 Å². The van der Waals surface area contributed by atoms with Crippen molar-refractivity contribution in [2.45, 2.75) is 6.92 Å². The number of hydrazone groups is 1. The molecule has 0 bridgehead atoms. The van der Waals surface area contributed by atoms with Gasteiger partial charge in [0.1, 0.15) is 17.3 Å². The highest BCUT2D eigenvalue weighted by atomic mass is 19.1. The summed E-state index contributed by atoms with van der Waals surface area (Å²) in [5.74, 6) is -0.236. The van der Waals surface area contributed by atoms with Crippen molar-refractivity contribution in [2.75, 3.05) is 6.61 Å². The van der Waals surface area contributed by atoms with E-state index in [9.17, 15) is 14.0 Å². The van der Waals surface area contributed by atoms with Crippen molar-refractivity contribution < 1.29 is 23.1 Å². The van der Waals surface area contributed by atoms with E-state index in [2.05, 4.69) is 10.5 Å². The van der Waals surface area contributed by atoms with Gasteiger partial charge in [-0.25, -0.2) is 14.6 Å². The van der Waals surface area contributed by atoms with E-state index >= 15 is 0 Å². The average molecular weight is 380 g/mol. The first kappa shape index (κ1) is 19.0. The SMILES string of the molecule is CCOC(=O)c1ccc(-c2ccc(C=NNC(=O)c3ccc(F)cc3)o2)cc1. The number of rotatable bonds is 6. The number of carbonyl (C=O) groups excluding carboxylic acids is 2. The van der Waals surface area contributed by atoms with Crippen LogP contribution in [0.2, 0.25) is 0 Å². The number of nitrogens with zero attached hydrogens (tertiary/aromatic N) is 1. The van der Waals surface area contributed by atoms with Crippen molar-refractivity contribution >= 4 is 18.1 Å². The molecular weight excluding hydrogens is 363 g/mol. The third kappa shape index (κ3) is 4.70. The second-order valence-electron chi connectivity index (χ2n) is 5.71. The molecular formula is C21H17FN2O4. The molecule has 0 fully saturated rings. The van der Waals surface area contributed by atoms with E-state index < -0.39 is 11.7 Å². The van der Waals surface area contributed by atoms with Crippen LogP contribution in [0.3, 0.4) is 0 Å². The fourth-order valence-electron chi connectivity index (χ4n) is 2.38. The maximum Gasteiger partial charge on any atom is 0.338 e. The summed E-state index contributed by atoms with van der Waals surface area (Å²) >= 11 is 0. The maximum absolute atomic E-state index is 12.9. The lowest BCUT2D eigenvalue weighted by atomic mass is 10.1. The van der Waals surface area contributed by atoms with Crippen molar-refractivity contribution in [3.63, 3.8) is 0 Å². The van der Waals surface area contributed by atoms with Crippen LogP contribution in [-0.2, 0) is 4.74 Å². The van der Waals surface area contributed by atoms with Gasteiger partial charge in [0.2, 0.25) is 0 Å². The molecule has 1 heterocycles. The summed E-state index contributed by atoms with van der Waals surface area (Å²) in [7, 11) is 0. The van der Waals surface area contributed by atoms with Crippen LogP contribution in [0.4, 0.5) is 4.39 Å². The average Bonchev–Trinajstić information content (AvgIpc) is 3.17. The Morgan fingerprint density at radius 1 is 1.04 bits per heavy atom. The Bertz CT molecular complexity index is 992. The highest BCUT2D eigenvalue weighted by Gasteiger charge is 2.09. The van der Waals surface area contributed by atoms with E-state index in [0.29, 0.717) is 29.3 Å². The van der Waals surface area contributed by atoms with E-state index in [-0.39, 0.29) is 5.97 Å². The number of carbonyl (C=O) groups is 2. The van der Waals surface area contributed by atoms with Crippen LogP contribution in [0.15, 0.2) is 70.2 Å². The lowest BCUT2D eigenvalue weighted by Gasteiger charge is -2.02. The molecule has 0 aliphatic rings. The van der Waals surface area contributed by atoms with Gasteiger partial charge in [0.05, 0.1) is 18.4 Å². The molecule has 0 atom stereocenters. The van der Waals surface area contributed by atoms with Crippen LogP contribution in [-0.4, -0.2) is 24.7 Å². The van der Waals surface area contributed by atoms with Crippen LogP contribution in [0.5, 0.6) is 0 Å². The lowest BCUT2D eigenvalue weighted by molar-refractivity contribution is 0.0526. The van der Waals surface area contributed by atoms with Gasteiger partial charge in [-0.05, 0) is 55.5 Å². The Morgan fingerprint density at radius 2 is 1.71 bits per heavy atom. The molecule has 1 N–H and O–H groups in total. The molecule has 0 spiro atoms. The summed E-state index contributed by atoms with van der Waals surface area (Å²) in [6.07, 6.45) is 1.36. The smallest absolute Gasteiger partial charge is 0.338 e. The van der Waals surface area contributed by atoms with Gasteiger partial charge < -0.3 is 9.15 Å². The fourth-order valence-corrected chi connectivity index (χ4v) is 2.38. The first-order chi connectivity index (χ1) is 13.6. The summed E-state index contributed by atoms with van der Waals surface area (Å²) in [6.45, 7) is 2.07. The van der Waals surface area contributed by atoms with Crippen molar-refractivity contribution in [3.05, 3.63) is 83.4 Å². The Kier molecular flexibility index (Phi) is 5.96. The summed E-state index contributed by atoms with van der Waals surface area (Å²) in [5.41, 5.74) is 3.88. The van der Waals surface area contributed by atoms with Crippen molar-refractivity contribution in [1.29, 1.82) is 0 Å². The topological polar surface area (TPSA) is 80.9 Å². The molecule has 1 amide bonds. The van der Waals surface area contributed by atoms with Gasteiger partial charge in [0.15, 0.2) is 0 Å². The molecule has 3 rings (SSSR count). The van der Waals surface area contributed by atoms with Gasteiger partial charge in [0.25, 0.3) is 5.91 Å². The molecule has 0 aliphatic heterocycles. The first-order valence-corrected chi connectivity index (χ1v) is 8.53. The number of hydrogen-bond acceptors (Lipinski definition) is 5. The first-order valence-electron chi connectivity index (χ1n) is 8.53. The zero-order chi connectivity index (χ0) is 19.9. The van der Waals surface area contributed by atoms with Crippen LogP contribution in [0.1, 0.15) is 33.4 Å². The Labute approximate surface area is 160 Å². The largest absolute Gasteiger partial charge is 0.462 e. The Hall–Kier alpha value is -3.74.